The van der Waals surface area contributed by atoms with Crippen LogP contribution in [0, 0.1) is 6.92 Å². The third kappa shape index (κ3) is 4.43. The van der Waals surface area contributed by atoms with Gasteiger partial charge in [-0.3, -0.25) is 9.36 Å². The lowest BCUT2D eigenvalue weighted by atomic mass is 10.1. The number of halogens is 2. The second-order valence-corrected chi connectivity index (χ2v) is 9.07. The second kappa shape index (κ2) is 9.16. The third-order valence-corrected chi connectivity index (χ3v) is 6.69. The molecule has 4 rings (SSSR count). The van der Waals surface area contributed by atoms with E-state index < -0.39 is 0 Å². The van der Waals surface area contributed by atoms with Gasteiger partial charge in [-0.05, 0) is 32.0 Å². The van der Waals surface area contributed by atoms with Gasteiger partial charge in [0.1, 0.15) is 11.5 Å². The van der Waals surface area contributed by atoms with E-state index in [9.17, 15) is 4.79 Å². The average Bonchev–Trinajstić information content (AvgIpc) is 3.39. The number of aromatic nitrogens is 3. The predicted molar refractivity (Wildman–Crippen MR) is 127 cm³/mol. The highest BCUT2D eigenvalue weighted by molar-refractivity contribution is 7.13. The largest absolute Gasteiger partial charge is 0.374 e. The van der Waals surface area contributed by atoms with Crippen molar-refractivity contribution >= 4 is 45.4 Å². The molecule has 0 saturated carbocycles. The lowest BCUT2D eigenvalue weighted by molar-refractivity contribution is 0.0720. The number of hydrogen-bond donors (Lipinski definition) is 1. The summed E-state index contributed by atoms with van der Waals surface area (Å²) in [6.45, 7) is 5.79. The first-order chi connectivity index (χ1) is 14.9. The van der Waals surface area contributed by atoms with Crippen molar-refractivity contribution in [3.05, 3.63) is 55.9 Å². The molecule has 1 aromatic carbocycles. The molecular formula is C21H23Cl2N5O2S. The summed E-state index contributed by atoms with van der Waals surface area (Å²) in [7, 11) is 1.69. The number of nitrogens with zero attached hydrogens (tertiary/aromatic N) is 4. The molecule has 0 bridgehead atoms. The van der Waals surface area contributed by atoms with Crippen molar-refractivity contribution in [1.82, 2.24) is 14.5 Å². The van der Waals surface area contributed by atoms with Crippen LogP contribution in [-0.4, -0.2) is 46.4 Å². The van der Waals surface area contributed by atoms with E-state index in [4.69, 9.17) is 27.9 Å². The Morgan fingerprint density at radius 3 is 2.81 bits per heavy atom. The molecule has 1 aliphatic rings. The molecule has 0 spiro atoms. The summed E-state index contributed by atoms with van der Waals surface area (Å²) >= 11 is 14.0. The number of benzene rings is 1. The van der Waals surface area contributed by atoms with Gasteiger partial charge in [-0.2, -0.15) is 0 Å². The fourth-order valence-electron chi connectivity index (χ4n) is 3.80. The van der Waals surface area contributed by atoms with E-state index in [2.05, 4.69) is 20.2 Å². The molecule has 3 heterocycles. The fourth-order valence-corrected chi connectivity index (χ4v) is 4.95. The summed E-state index contributed by atoms with van der Waals surface area (Å²) in [6.07, 6.45) is 1.73. The van der Waals surface area contributed by atoms with Gasteiger partial charge in [-0.1, -0.05) is 23.2 Å². The summed E-state index contributed by atoms with van der Waals surface area (Å²) in [5, 5.41) is 7.29. The quantitative estimate of drug-likeness (QED) is 0.570. The van der Waals surface area contributed by atoms with E-state index in [-0.39, 0.29) is 17.7 Å². The van der Waals surface area contributed by atoms with Gasteiger partial charge in [0.2, 0.25) is 0 Å². The van der Waals surface area contributed by atoms with E-state index in [0.29, 0.717) is 52.5 Å². The zero-order valence-electron chi connectivity index (χ0n) is 17.4. The van der Waals surface area contributed by atoms with E-state index >= 15 is 0 Å². The maximum Gasteiger partial charge on any atom is 0.277 e. The molecule has 1 N–H and O–H groups in total. The van der Waals surface area contributed by atoms with Gasteiger partial charge in [-0.15, -0.1) is 11.3 Å². The highest BCUT2D eigenvalue weighted by Crippen LogP contribution is 2.30. The van der Waals surface area contributed by atoms with Gasteiger partial charge in [0.05, 0.1) is 22.9 Å². The fraction of sp³-hybridized carbons (Fsp3) is 0.381. The smallest absolute Gasteiger partial charge is 0.277 e. The molecule has 7 nitrogen and oxygen atoms in total. The van der Waals surface area contributed by atoms with Gasteiger partial charge in [0.15, 0.2) is 5.13 Å². The maximum absolute atomic E-state index is 13.3. The highest BCUT2D eigenvalue weighted by atomic mass is 35.5. The van der Waals surface area contributed by atoms with Crippen molar-refractivity contribution in [2.45, 2.75) is 26.0 Å². The molecule has 1 aliphatic heterocycles. The molecule has 0 unspecified atom stereocenters. The maximum atomic E-state index is 13.3. The Balaban J connectivity index is 1.65. The highest BCUT2D eigenvalue weighted by Gasteiger charge is 2.35. The number of ether oxygens (including phenoxy) is 1. The predicted octanol–water partition coefficient (Wildman–Crippen LogP) is 4.22. The lowest BCUT2D eigenvalue weighted by Gasteiger charge is -2.22. The summed E-state index contributed by atoms with van der Waals surface area (Å²) in [5.74, 6) is 0.493. The number of hydrogen-bond acceptors (Lipinski definition) is 7. The molecule has 31 heavy (non-hydrogen) atoms. The van der Waals surface area contributed by atoms with Crippen LogP contribution in [0.5, 0.6) is 0 Å². The van der Waals surface area contributed by atoms with Crippen LogP contribution in [-0.2, 0) is 11.8 Å². The molecule has 0 amide bonds. The van der Waals surface area contributed by atoms with Gasteiger partial charge in [0.25, 0.3) is 5.56 Å². The third-order valence-electron chi connectivity index (χ3n) is 5.31. The molecular weight excluding hydrogens is 457 g/mol. The topological polar surface area (TPSA) is 72.3 Å². The molecule has 2 atom stereocenters. The van der Waals surface area contributed by atoms with E-state index in [1.54, 1.807) is 42.8 Å². The minimum absolute atomic E-state index is 0.0663. The van der Waals surface area contributed by atoms with Crippen molar-refractivity contribution in [3.8, 4) is 11.4 Å². The van der Waals surface area contributed by atoms with E-state index in [1.165, 1.54) is 4.57 Å². The minimum Gasteiger partial charge on any atom is -0.374 e. The summed E-state index contributed by atoms with van der Waals surface area (Å²) < 4.78 is 7.47. The van der Waals surface area contributed by atoms with Crippen molar-refractivity contribution in [2.24, 2.45) is 7.05 Å². The zero-order chi connectivity index (χ0) is 22.1. The minimum atomic E-state index is -0.170. The molecule has 0 radical (unpaired) electrons. The first-order valence-corrected chi connectivity index (χ1v) is 11.6. The Bertz CT molecular complexity index is 1140. The Labute approximate surface area is 194 Å². The van der Waals surface area contributed by atoms with E-state index in [1.807, 2.05) is 19.2 Å². The zero-order valence-corrected chi connectivity index (χ0v) is 19.8. The van der Waals surface area contributed by atoms with Crippen LogP contribution < -0.4 is 15.8 Å². The molecule has 1 fully saturated rings. The first kappa shape index (κ1) is 22.1. The molecule has 2 aromatic heterocycles. The Morgan fingerprint density at radius 1 is 1.32 bits per heavy atom. The summed E-state index contributed by atoms with van der Waals surface area (Å²) in [5.41, 5.74) is 1.55. The second-order valence-electron chi connectivity index (χ2n) is 7.35. The SMILES string of the molecule is CCO[C@H]1CN(c2nccs2)C[C@H]1Nc1c(C)nc(-c2ccc(Cl)cc2Cl)n(C)c1=O. The Hall–Kier alpha value is -2.13. The van der Waals surface area contributed by atoms with Crippen LogP contribution in [0.25, 0.3) is 11.4 Å². The van der Waals surface area contributed by atoms with Gasteiger partial charge >= 0.3 is 0 Å². The number of rotatable bonds is 6. The van der Waals surface area contributed by atoms with Crippen LogP contribution >= 0.6 is 34.5 Å². The Kier molecular flexibility index (Phi) is 6.52. The van der Waals surface area contributed by atoms with Crippen LogP contribution in [0.4, 0.5) is 10.8 Å². The van der Waals surface area contributed by atoms with Crippen LogP contribution in [0.3, 0.4) is 0 Å². The van der Waals surface area contributed by atoms with Crippen molar-refractivity contribution in [1.29, 1.82) is 0 Å². The van der Waals surface area contributed by atoms with Crippen LogP contribution in [0.2, 0.25) is 10.0 Å². The number of thiazole rings is 1. The molecule has 1 saturated heterocycles. The standard InChI is InChI=1S/C21H23Cl2N5O2S/c1-4-30-17-11-28(21-24-7-8-31-21)10-16(17)26-18-12(2)25-19(27(3)20(18)29)14-6-5-13(22)9-15(14)23/h5-9,16-17,26H,4,10-11H2,1-3H3/t16-,17+/m1/s1. The van der Waals surface area contributed by atoms with Crippen LogP contribution in [0.15, 0.2) is 34.6 Å². The molecule has 164 valence electrons. The number of anilines is 2. The number of aryl methyl sites for hydroxylation is 1. The van der Waals surface area contributed by atoms with Gasteiger partial charge in [0, 0.05) is 48.9 Å². The normalized spacial score (nSPS) is 18.5. The monoisotopic (exact) mass is 479 g/mol. The van der Waals surface area contributed by atoms with Crippen molar-refractivity contribution in [2.75, 3.05) is 29.9 Å². The van der Waals surface area contributed by atoms with E-state index in [0.717, 1.165) is 5.13 Å². The Morgan fingerprint density at radius 2 is 2.13 bits per heavy atom. The summed E-state index contributed by atoms with van der Waals surface area (Å²) in [6, 6.07) is 5.08. The average molecular weight is 480 g/mol. The number of nitrogens with one attached hydrogen (secondary N) is 1. The molecule has 3 aromatic rings. The van der Waals surface area contributed by atoms with Crippen molar-refractivity contribution in [3.63, 3.8) is 0 Å². The molecule has 0 aliphatic carbocycles. The van der Waals surface area contributed by atoms with Gasteiger partial charge in [-0.25, -0.2) is 9.97 Å². The van der Waals surface area contributed by atoms with Crippen LogP contribution in [0.1, 0.15) is 12.6 Å². The summed E-state index contributed by atoms with van der Waals surface area (Å²) in [4.78, 5) is 24.5. The van der Waals surface area contributed by atoms with Crippen molar-refractivity contribution < 1.29 is 4.74 Å². The van der Waals surface area contributed by atoms with Gasteiger partial charge < -0.3 is 15.0 Å². The first-order valence-electron chi connectivity index (χ1n) is 9.94. The lowest BCUT2D eigenvalue weighted by Crippen LogP contribution is -2.38. The molecule has 10 heteroatoms.